The molecule has 0 bridgehead atoms. The Labute approximate surface area is 189 Å². The quantitative estimate of drug-likeness (QED) is 0.564. The molecule has 4 rings (SSSR count). The number of nitrogens with zero attached hydrogens (tertiary/aromatic N) is 2. The number of anilines is 3. The first-order valence-corrected chi connectivity index (χ1v) is 10.1. The van der Waals surface area contributed by atoms with Gasteiger partial charge in [-0.1, -0.05) is 18.2 Å². The first-order valence-electron chi connectivity index (χ1n) is 10.1. The van der Waals surface area contributed by atoms with Crippen molar-refractivity contribution in [1.82, 2.24) is 0 Å². The van der Waals surface area contributed by atoms with Gasteiger partial charge in [-0.05, 0) is 42.5 Å². The third-order valence-electron chi connectivity index (χ3n) is 5.26. The van der Waals surface area contributed by atoms with Crippen LogP contribution in [0.3, 0.4) is 0 Å². The minimum atomic E-state index is -0.894. The highest BCUT2D eigenvalue weighted by Crippen LogP contribution is 2.38. The van der Waals surface area contributed by atoms with Crippen LogP contribution >= 0.6 is 0 Å². The van der Waals surface area contributed by atoms with Crippen molar-refractivity contribution in [3.05, 3.63) is 89.6 Å². The number of hydrogen-bond acceptors (Lipinski definition) is 5. The van der Waals surface area contributed by atoms with Crippen LogP contribution in [0.25, 0.3) is 5.57 Å². The molecule has 0 unspecified atom stereocenters. The maximum atomic E-state index is 14.5. The number of halogens is 2. The van der Waals surface area contributed by atoms with E-state index in [1.54, 1.807) is 36.4 Å². The van der Waals surface area contributed by atoms with Gasteiger partial charge in [0.25, 0.3) is 11.8 Å². The number of carbonyl (C=O) groups is 2. The second-order valence-corrected chi connectivity index (χ2v) is 7.56. The zero-order valence-electron chi connectivity index (χ0n) is 18.2. The van der Waals surface area contributed by atoms with Crippen LogP contribution in [0.15, 0.2) is 72.4 Å². The van der Waals surface area contributed by atoms with Gasteiger partial charge in [0, 0.05) is 37.1 Å². The van der Waals surface area contributed by atoms with E-state index >= 15 is 0 Å². The summed E-state index contributed by atoms with van der Waals surface area (Å²) >= 11 is 0. The predicted octanol–water partition coefficient (Wildman–Crippen LogP) is 4.44. The minimum Gasteiger partial charge on any atom is -0.496 e. The number of imide groups is 1. The highest BCUT2D eigenvalue weighted by atomic mass is 19.1. The summed E-state index contributed by atoms with van der Waals surface area (Å²) in [5.41, 5.74) is 1.31. The van der Waals surface area contributed by atoms with Gasteiger partial charge in [0.1, 0.15) is 23.1 Å². The lowest BCUT2D eigenvalue weighted by Crippen LogP contribution is -2.33. The number of ether oxygens (including phenoxy) is 1. The molecule has 0 aliphatic carbocycles. The molecule has 1 aliphatic heterocycles. The summed E-state index contributed by atoms with van der Waals surface area (Å²) in [5.74, 6) is -2.90. The van der Waals surface area contributed by atoms with Gasteiger partial charge in [0.2, 0.25) is 0 Å². The van der Waals surface area contributed by atoms with Crippen LogP contribution < -0.4 is 19.9 Å². The van der Waals surface area contributed by atoms with Gasteiger partial charge in [-0.2, -0.15) is 0 Å². The monoisotopic (exact) mass is 449 g/mol. The molecule has 3 aromatic carbocycles. The Balaban J connectivity index is 1.85. The number of amides is 2. The van der Waals surface area contributed by atoms with Crippen molar-refractivity contribution in [1.29, 1.82) is 0 Å². The number of benzene rings is 3. The van der Waals surface area contributed by atoms with Crippen molar-refractivity contribution >= 4 is 34.4 Å². The van der Waals surface area contributed by atoms with Crippen molar-refractivity contribution in [2.24, 2.45) is 0 Å². The Morgan fingerprint density at radius 2 is 1.61 bits per heavy atom. The highest BCUT2D eigenvalue weighted by molar-refractivity contribution is 6.46. The van der Waals surface area contributed by atoms with Crippen molar-refractivity contribution in [3.63, 3.8) is 0 Å². The zero-order chi connectivity index (χ0) is 23.7. The molecule has 0 spiro atoms. The summed E-state index contributed by atoms with van der Waals surface area (Å²) in [6.07, 6.45) is 0. The Kier molecular flexibility index (Phi) is 5.83. The Morgan fingerprint density at radius 1 is 0.909 bits per heavy atom. The summed E-state index contributed by atoms with van der Waals surface area (Å²) < 4.78 is 33.8. The lowest BCUT2D eigenvalue weighted by Gasteiger charge is -2.16. The van der Waals surface area contributed by atoms with Gasteiger partial charge in [-0.3, -0.25) is 9.59 Å². The maximum absolute atomic E-state index is 14.5. The van der Waals surface area contributed by atoms with E-state index < -0.39 is 29.1 Å². The summed E-state index contributed by atoms with van der Waals surface area (Å²) in [5, 5.41) is 3.00. The lowest BCUT2D eigenvalue weighted by molar-refractivity contribution is -0.120. The highest BCUT2D eigenvalue weighted by Gasteiger charge is 2.42. The Bertz CT molecular complexity index is 1270. The van der Waals surface area contributed by atoms with Crippen LogP contribution in [0.5, 0.6) is 5.75 Å². The van der Waals surface area contributed by atoms with Crippen molar-refractivity contribution in [3.8, 4) is 5.75 Å². The summed E-state index contributed by atoms with van der Waals surface area (Å²) in [7, 11) is 5.24. The Morgan fingerprint density at radius 3 is 2.27 bits per heavy atom. The van der Waals surface area contributed by atoms with E-state index in [1.807, 2.05) is 31.1 Å². The first-order chi connectivity index (χ1) is 15.8. The van der Waals surface area contributed by atoms with Gasteiger partial charge >= 0.3 is 0 Å². The third kappa shape index (κ3) is 4.03. The summed E-state index contributed by atoms with van der Waals surface area (Å²) in [6, 6.07) is 16.5. The topological polar surface area (TPSA) is 61.9 Å². The van der Waals surface area contributed by atoms with Gasteiger partial charge in [0.15, 0.2) is 0 Å². The summed E-state index contributed by atoms with van der Waals surface area (Å²) in [4.78, 5) is 29.4. The number of carbonyl (C=O) groups excluding carboxylic acids is 2. The maximum Gasteiger partial charge on any atom is 0.282 e. The van der Waals surface area contributed by atoms with Gasteiger partial charge in [-0.15, -0.1) is 0 Å². The van der Waals surface area contributed by atoms with Crippen molar-refractivity contribution < 1.29 is 23.1 Å². The zero-order valence-corrected chi connectivity index (χ0v) is 18.2. The van der Waals surface area contributed by atoms with E-state index in [4.69, 9.17) is 4.74 Å². The van der Waals surface area contributed by atoms with Crippen LogP contribution in [-0.4, -0.2) is 33.0 Å². The molecule has 8 heteroatoms. The number of nitrogens with one attached hydrogen (secondary N) is 1. The van der Waals surface area contributed by atoms with Crippen LogP contribution in [0.2, 0.25) is 0 Å². The average Bonchev–Trinajstić information content (AvgIpc) is 3.04. The number of rotatable bonds is 6. The molecule has 2 amide bonds. The van der Waals surface area contributed by atoms with Gasteiger partial charge in [0.05, 0.1) is 18.4 Å². The van der Waals surface area contributed by atoms with Crippen molar-refractivity contribution in [2.75, 3.05) is 36.3 Å². The molecule has 168 valence electrons. The van der Waals surface area contributed by atoms with Crippen LogP contribution in [-0.2, 0) is 9.59 Å². The molecule has 0 saturated heterocycles. The van der Waals surface area contributed by atoms with Crippen LogP contribution in [0.1, 0.15) is 5.56 Å². The average molecular weight is 449 g/mol. The van der Waals surface area contributed by atoms with Crippen molar-refractivity contribution in [2.45, 2.75) is 0 Å². The fourth-order valence-corrected chi connectivity index (χ4v) is 3.61. The molecule has 0 saturated carbocycles. The third-order valence-corrected chi connectivity index (χ3v) is 5.26. The molecule has 6 nitrogen and oxygen atoms in total. The van der Waals surface area contributed by atoms with E-state index in [0.29, 0.717) is 21.9 Å². The number of methoxy groups -OCH3 is 1. The van der Waals surface area contributed by atoms with E-state index in [2.05, 4.69) is 5.32 Å². The summed E-state index contributed by atoms with van der Waals surface area (Å²) in [6.45, 7) is 0. The standard InChI is InChI=1S/C25H21F2N3O3/c1-29(2)17-11-9-16(10-12-17)28-23-22(18-6-4-5-7-21(18)33-3)24(31)30(25(23)32)20-14-15(26)8-13-19(20)27/h4-14,28H,1-3H3. The molecular formula is C25H21F2N3O3. The Hall–Kier alpha value is -4.20. The molecule has 1 heterocycles. The number of para-hydroxylation sites is 1. The van der Waals surface area contributed by atoms with E-state index in [1.165, 1.54) is 7.11 Å². The van der Waals surface area contributed by atoms with Crippen LogP contribution in [0.4, 0.5) is 25.8 Å². The van der Waals surface area contributed by atoms with E-state index in [0.717, 1.165) is 23.9 Å². The smallest absolute Gasteiger partial charge is 0.282 e. The normalized spacial score (nSPS) is 13.5. The first kappa shape index (κ1) is 22.0. The largest absolute Gasteiger partial charge is 0.496 e. The predicted molar refractivity (Wildman–Crippen MR) is 123 cm³/mol. The second kappa shape index (κ2) is 8.74. The SMILES string of the molecule is COc1ccccc1C1=C(Nc2ccc(N(C)C)cc2)C(=O)N(c2cc(F)ccc2F)C1=O. The van der Waals surface area contributed by atoms with Gasteiger partial charge < -0.3 is 15.0 Å². The molecule has 0 radical (unpaired) electrons. The fraction of sp³-hybridized carbons (Fsp3) is 0.120. The molecular weight excluding hydrogens is 428 g/mol. The lowest BCUT2D eigenvalue weighted by atomic mass is 10.0. The molecule has 33 heavy (non-hydrogen) atoms. The van der Waals surface area contributed by atoms with Crippen LogP contribution in [0, 0.1) is 11.6 Å². The molecule has 3 aromatic rings. The van der Waals surface area contributed by atoms with Gasteiger partial charge in [-0.25, -0.2) is 13.7 Å². The van der Waals surface area contributed by atoms with E-state index in [-0.39, 0.29) is 11.3 Å². The molecule has 0 fully saturated rings. The number of hydrogen-bond donors (Lipinski definition) is 1. The second-order valence-electron chi connectivity index (χ2n) is 7.56. The fourth-order valence-electron chi connectivity index (χ4n) is 3.61. The molecule has 1 aliphatic rings. The minimum absolute atomic E-state index is 0.00204. The molecule has 0 atom stereocenters. The molecule has 0 aromatic heterocycles. The van der Waals surface area contributed by atoms with E-state index in [9.17, 15) is 18.4 Å². The molecule has 1 N–H and O–H groups in total.